The molecule has 0 spiro atoms. The number of nitrogens with zero attached hydrogens (tertiary/aromatic N) is 1. The van der Waals surface area contributed by atoms with E-state index >= 15 is 0 Å². The lowest BCUT2D eigenvalue weighted by Gasteiger charge is -2.29. The van der Waals surface area contributed by atoms with E-state index in [2.05, 4.69) is 0 Å². The fourth-order valence-corrected chi connectivity index (χ4v) is 2.99. The summed E-state index contributed by atoms with van der Waals surface area (Å²) in [5.74, 6) is -2.64. The van der Waals surface area contributed by atoms with Gasteiger partial charge >= 0.3 is 5.69 Å². The van der Waals surface area contributed by atoms with Gasteiger partial charge in [0.25, 0.3) is 11.5 Å². The van der Waals surface area contributed by atoms with Crippen LogP contribution in [-0.2, 0) is 15.9 Å². The molecule has 0 bridgehead atoms. The van der Waals surface area contributed by atoms with E-state index in [-0.39, 0.29) is 6.42 Å². The van der Waals surface area contributed by atoms with E-state index < -0.39 is 48.4 Å². The first-order valence-corrected chi connectivity index (χ1v) is 8.23. The molecule has 1 aromatic heterocycles. The molecule has 5 N–H and O–H groups in total. The second-order valence-electron chi connectivity index (χ2n) is 6.24. The molecule has 0 saturated carbocycles. The van der Waals surface area contributed by atoms with Crippen molar-refractivity contribution < 1.29 is 29.9 Å². The van der Waals surface area contributed by atoms with Crippen LogP contribution in [0.5, 0.6) is 0 Å². The van der Waals surface area contributed by atoms with E-state index in [0.717, 1.165) is 16.8 Å². The fraction of sp³-hybridized carbons (Fsp3) is 0.412. The minimum atomic E-state index is -2.64. The number of hydrogen-bond acceptors (Lipinski definition) is 8. The minimum absolute atomic E-state index is 0.293. The maximum atomic E-state index is 11.9. The normalized spacial score (nSPS) is 25.6. The van der Waals surface area contributed by atoms with Gasteiger partial charge in [0.1, 0.15) is 18.3 Å². The molecule has 27 heavy (non-hydrogen) atoms. The molecule has 1 saturated heterocycles. The summed E-state index contributed by atoms with van der Waals surface area (Å²) in [5.41, 5.74) is -0.875. The fourth-order valence-electron chi connectivity index (χ4n) is 2.99. The van der Waals surface area contributed by atoms with Crippen LogP contribution in [-0.4, -0.2) is 60.9 Å². The maximum Gasteiger partial charge on any atom is 0.330 e. The minimum Gasteiger partial charge on any atom is -0.394 e. The van der Waals surface area contributed by atoms with Gasteiger partial charge in [-0.25, -0.2) is 4.79 Å². The number of hydrogen-bond donors (Lipinski definition) is 5. The summed E-state index contributed by atoms with van der Waals surface area (Å²) in [6.45, 7) is -0.599. The van der Waals surface area contributed by atoms with E-state index in [4.69, 9.17) is 9.47 Å². The third-order valence-electron chi connectivity index (χ3n) is 4.22. The molecule has 10 heteroatoms. The smallest absolute Gasteiger partial charge is 0.330 e. The molecule has 1 aromatic carbocycles. The SMILES string of the molecule is O=c1ccn([C@H]2O[C@@H](CO)C(OC(O)(O)Cc3ccccc3)C2O)c(=O)[nH]1. The van der Waals surface area contributed by atoms with Crippen LogP contribution in [0.25, 0.3) is 0 Å². The Balaban J connectivity index is 1.80. The van der Waals surface area contributed by atoms with Crippen molar-refractivity contribution in [3.8, 4) is 0 Å². The van der Waals surface area contributed by atoms with E-state index in [9.17, 15) is 30.0 Å². The van der Waals surface area contributed by atoms with Crippen molar-refractivity contribution in [3.63, 3.8) is 0 Å². The van der Waals surface area contributed by atoms with Gasteiger partial charge in [-0.3, -0.25) is 14.3 Å². The number of ether oxygens (including phenoxy) is 2. The molecule has 1 aliphatic rings. The van der Waals surface area contributed by atoms with Crippen LogP contribution < -0.4 is 11.2 Å². The van der Waals surface area contributed by atoms with Crippen LogP contribution in [0.15, 0.2) is 52.2 Å². The summed E-state index contributed by atoms with van der Waals surface area (Å²) in [6, 6.07) is 9.60. The number of aromatic amines is 1. The number of rotatable bonds is 6. The van der Waals surface area contributed by atoms with Crippen LogP contribution >= 0.6 is 0 Å². The van der Waals surface area contributed by atoms with Gasteiger partial charge in [-0.15, -0.1) is 0 Å². The highest BCUT2D eigenvalue weighted by Crippen LogP contribution is 2.32. The highest BCUT2D eigenvalue weighted by Gasteiger charge is 2.48. The van der Waals surface area contributed by atoms with Crippen LogP contribution in [0.4, 0.5) is 0 Å². The molecule has 3 rings (SSSR count). The van der Waals surface area contributed by atoms with Gasteiger partial charge in [-0.05, 0) is 5.56 Å². The van der Waals surface area contributed by atoms with E-state index in [1.807, 2.05) is 4.98 Å². The van der Waals surface area contributed by atoms with E-state index in [1.165, 1.54) is 0 Å². The first-order valence-electron chi connectivity index (χ1n) is 8.23. The summed E-state index contributed by atoms with van der Waals surface area (Å²) in [7, 11) is 0. The van der Waals surface area contributed by atoms with Crippen molar-refractivity contribution in [2.75, 3.05) is 6.61 Å². The highest BCUT2D eigenvalue weighted by atomic mass is 16.8. The second-order valence-corrected chi connectivity index (χ2v) is 6.24. The van der Waals surface area contributed by atoms with Crippen LogP contribution in [0.1, 0.15) is 11.8 Å². The molecular weight excluding hydrogens is 360 g/mol. The molecule has 0 amide bonds. The quantitative estimate of drug-likeness (QED) is 0.363. The standard InChI is InChI=1S/C17H20N2O8/c20-9-11-14(27-17(24,25)8-10-4-2-1-3-5-10)13(22)15(26-11)19-7-6-12(21)18-16(19)23/h1-7,11,13-15,20,22,24-25H,8-9H2,(H,18,21,23)/t11-,13?,14?,15-/m0/s1. The van der Waals surface area contributed by atoms with Gasteiger partial charge in [0.2, 0.25) is 0 Å². The Hall–Kier alpha value is -2.34. The summed E-state index contributed by atoms with van der Waals surface area (Å²) in [6.07, 6.45) is -4.43. The first-order chi connectivity index (χ1) is 12.8. The summed E-state index contributed by atoms with van der Waals surface area (Å²) >= 11 is 0. The highest BCUT2D eigenvalue weighted by molar-refractivity contribution is 5.15. The van der Waals surface area contributed by atoms with Gasteiger partial charge in [0.05, 0.1) is 13.0 Å². The molecule has 1 fully saturated rings. The molecular formula is C17H20N2O8. The molecule has 2 unspecified atom stereocenters. The Kier molecular flexibility index (Phi) is 5.56. The molecule has 1 aliphatic heterocycles. The number of benzene rings is 1. The van der Waals surface area contributed by atoms with Gasteiger partial charge in [-0.2, -0.15) is 0 Å². The van der Waals surface area contributed by atoms with Crippen LogP contribution in [0.3, 0.4) is 0 Å². The van der Waals surface area contributed by atoms with Gasteiger partial charge < -0.3 is 29.9 Å². The zero-order valence-corrected chi connectivity index (χ0v) is 14.1. The van der Waals surface area contributed by atoms with Crippen molar-refractivity contribution in [1.82, 2.24) is 9.55 Å². The summed E-state index contributed by atoms with van der Waals surface area (Å²) in [4.78, 5) is 25.1. The van der Waals surface area contributed by atoms with Crippen molar-refractivity contribution in [2.45, 2.75) is 36.9 Å². The van der Waals surface area contributed by atoms with Crippen LogP contribution in [0.2, 0.25) is 0 Å². The third-order valence-corrected chi connectivity index (χ3v) is 4.22. The summed E-state index contributed by atoms with van der Waals surface area (Å²) in [5, 5.41) is 40.3. The number of aliphatic hydroxyl groups is 4. The molecule has 10 nitrogen and oxygen atoms in total. The van der Waals surface area contributed by atoms with Crippen molar-refractivity contribution in [1.29, 1.82) is 0 Å². The second kappa shape index (κ2) is 7.72. The molecule has 2 heterocycles. The van der Waals surface area contributed by atoms with Gasteiger partial charge in [-0.1, -0.05) is 30.3 Å². The van der Waals surface area contributed by atoms with Gasteiger partial charge in [0, 0.05) is 12.3 Å². The molecule has 2 aromatic rings. The maximum absolute atomic E-state index is 11.9. The average molecular weight is 380 g/mol. The number of aliphatic hydroxyl groups excluding tert-OH is 2. The monoisotopic (exact) mass is 380 g/mol. The van der Waals surface area contributed by atoms with E-state index in [1.54, 1.807) is 30.3 Å². The zero-order chi connectivity index (χ0) is 19.6. The van der Waals surface area contributed by atoms with E-state index in [0.29, 0.717) is 5.56 Å². The number of H-pyrrole nitrogens is 1. The Morgan fingerprint density at radius 1 is 1.19 bits per heavy atom. The lowest BCUT2D eigenvalue weighted by Crippen LogP contribution is -2.47. The molecule has 0 aliphatic carbocycles. The molecule has 0 radical (unpaired) electrons. The lowest BCUT2D eigenvalue weighted by atomic mass is 10.1. The predicted molar refractivity (Wildman–Crippen MR) is 90.5 cm³/mol. The average Bonchev–Trinajstić information content (AvgIpc) is 2.91. The largest absolute Gasteiger partial charge is 0.394 e. The lowest BCUT2D eigenvalue weighted by molar-refractivity contribution is -0.362. The topological polar surface area (TPSA) is 154 Å². The van der Waals surface area contributed by atoms with Crippen molar-refractivity contribution >= 4 is 0 Å². The third kappa shape index (κ3) is 4.33. The predicted octanol–water partition coefficient (Wildman–Crippen LogP) is -1.95. The van der Waals surface area contributed by atoms with Crippen molar-refractivity contribution in [2.24, 2.45) is 0 Å². The Bertz CT molecular complexity index is 878. The zero-order valence-electron chi connectivity index (χ0n) is 14.1. The Labute approximate surface area is 152 Å². The Morgan fingerprint density at radius 2 is 1.89 bits per heavy atom. The molecule has 4 atom stereocenters. The first kappa shape index (κ1) is 19.4. The van der Waals surface area contributed by atoms with Crippen LogP contribution in [0, 0.1) is 0 Å². The Morgan fingerprint density at radius 3 is 2.52 bits per heavy atom. The van der Waals surface area contributed by atoms with Crippen molar-refractivity contribution in [3.05, 3.63) is 69.0 Å². The number of aromatic nitrogens is 2. The number of nitrogens with one attached hydrogen (secondary N) is 1. The van der Waals surface area contributed by atoms with Gasteiger partial charge in [0.15, 0.2) is 6.23 Å². The summed E-state index contributed by atoms with van der Waals surface area (Å²) < 4.78 is 11.6. The molecule has 146 valence electrons.